The van der Waals surface area contributed by atoms with Gasteiger partial charge in [-0.25, -0.2) is 14.2 Å². The number of benzene rings is 2. The summed E-state index contributed by atoms with van der Waals surface area (Å²) in [4.78, 5) is 34.7. The summed E-state index contributed by atoms with van der Waals surface area (Å²) in [6.07, 6.45) is 6.72. The smallest absolute Gasteiger partial charge is 0.407 e. The fraction of sp³-hybridized carbons (Fsp3) is 0.485. The van der Waals surface area contributed by atoms with Crippen LogP contribution in [0.5, 0.6) is 0 Å². The van der Waals surface area contributed by atoms with Gasteiger partial charge in [0.2, 0.25) is 5.91 Å². The summed E-state index contributed by atoms with van der Waals surface area (Å²) >= 11 is 0. The van der Waals surface area contributed by atoms with Crippen LogP contribution in [0.2, 0.25) is 0 Å². The molecule has 2 aliphatic heterocycles. The molecule has 1 aromatic heterocycles. The van der Waals surface area contributed by atoms with Gasteiger partial charge in [0.05, 0.1) is 12.0 Å². The van der Waals surface area contributed by atoms with Gasteiger partial charge in [-0.1, -0.05) is 0 Å². The number of piperidine rings is 2. The van der Waals surface area contributed by atoms with E-state index >= 15 is 0 Å². The lowest BCUT2D eigenvalue weighted by molar-refractivity contribution is -0.120. The first kappa shape index (κ1) is 30.5. The van der Waals surface area contributed by atoms with Gasteiger partial charge >= 0.3 is 6.09 Å². The van der Waals surface area contributed by atoms with Crippen LogP contribution in [0, 0.1) is 18.7 Å². The van der Waals surface area contributed by atoms with Crippen molar-refractivity contribution < 1.29 is 18.7 Å². The van der Waals surface area contributed by atoms with Gasteiger partial charge in [0, 0.05) is 61.4 Å². The van der Waals surface area contributed by atoms with Gasteiger partial charge < -0.3 is 24.8 Å². The molecule has 3 aromatic rings. The first-order chi connectivity index (χ1) is 20.5. The second-order valence-electron chi connectivity index (χ2n) is 12.8. The van der Waals surface area contributed by atoms with E-state index in [9.17, 15) is 14.0 Å². The number of carbonyl (C=O) groups is 2. The van der Waals surface area contributed by atoms with Crippen LogP contribution in [0.1, 0.15) is 57.7 Å². The number of amides is 2. The molecule has 2 fully saturated rings. The molecule has 2 saturated heterocycles. The normalized spacial score (nSPS) is 18.3. The molecule has 2 aromatic carbocycles. The van der Waals surface area contributed by atoms with Crippen LogP contribution in [0.15, 0.2) is 55.0 Å². The fourth-order valence-corrected chi connectivity index (χ4v) is 5.89. The molecular formula is C33H43FN6O3. The molecular weight excluding hydrogens is 547 g/mol. The molecule has 3 heterocycles. The largest absolute Gasteiger partial charge is 0.444 e. The number of aryl methyl sites for hydroxylation is 1. The number of rotatable bonds is 7. The highest BCUT2D eigenvalue weighted by molar-refractivity contribution is 5.93. The summed E-state index contributed by atoms with van der Waals surface area (Å²) in [7, 11) is 0. The van der Waals surface area contributed by atoms with Crippen LogP contribution in [0.25, 0.3) is 5.69 Å². The molecule has 1 atom stereocenters. The van der Waals surface area contributed by atoms with Crippen LogP contribution >= 0.6 is 0 Å². The fourth-order valence-electron chi connectivity index (χ4n) is 5.89. The Hall–Kier alpha value is -3.92. The SMILES string of the molecule is Cc1cn(-c2cc(CN3CCC[C@H](NC(=O)OC(C)(C)C)C3)cc(NC(=O)C3CCN(c4ccc(F)cc4)CC3)c2)cn1. The summed E-state index contributed by atoms with van der Waals surface area (Å²) in [6.45, 7) is 11.4. The summed E-state index contributed by atoms with van der Waals surface area (Å²) in [5.74, 6) is -0.327. The molecule has 5 rings (SSSR count). The molecule has 43 heavy (non-hydrogen) atoms. The van der Waals surface area contributed by atoms with Crippen molar-refractivity contribution in [2.24, 2.45) is 5.92 Å². The number of hydrogen-bond donors (Lipinski definition) is 2. The third-order valence-electron chi connectivity index (χ3n) is 7.95. The topological polar surface area (TPSA) is 91.7 Å². The van der Waals surface area contributed by atoms with E-state index in [0.717, 1.165) is 80.2 Å². The van der Waals surface area contributed by atoms with Crippen molar-refractivity contribution in [2.45, 2.75) is 71.6 Å². The van der Waals surface area contributed by atoms with Crippen molar-refractivity contribution in [1.82, 2.24) is 19.8 Å². The summed E-state index contributed by atoms with van der Waals surface area (Å²) in [5, 5.41) is 6.22. The third-order valence-corrected chi connectivity index (χ3v) is 7.95. The van der Waals surface area contributed by atoms with Gasteiger partial charge in [0.1, 0.15) is 11.4 Å². The van der Waals surface area contributed by atoms with Gasteiger partial charge in [-0.2, -0.15) is 0 Å². The highest BCUT2D eigenvalue weighted by Gasteiger charge is 2.27. The molecule has 2 aliphatic rings. The predicted octanol–water partition coefficient (Wildman–Crippen LogP) is 5.66. The lowest BCUT2D eigenvalue weighted by Crippen LogP contribution is -2.48. The van der Waals surface area contributed by atoms with Crippen molar-refractivity contribution in [3.8, 4) is 5.69 Å². The third kappa shape index (κ3) is 8.56. The number of hydrogen-bond acceptors (Lipinski definition) is 6. The molecule has 2 amide bonds. The highest BCUT2D eigenvalue weighted by Crippen LogP contribution is 2.27. The van der Waals surface area contributed by atoms with Gasteiger partial charge in [-0.05, 0) is 108 Å². The summed E-state index contributed by atoms with van der Waals surface area (Å²) in [5.41, 5.74) is 4.12. The molecule has 9 nitrogen and oxygen atoms in total. The highest BCUT2D eigenvalue weighted by atomic mass is 19.1. The Morgan fingerprint density at radius 1 is 1.02 bits per heavy atom. The van der Waals surface area contributed by atoms with Crippen molar-refractivity contribution in [3.63, 3.8) is 0 Å². The number of likely N-dealkylation sites (tertiary alicyclic amines) is 1. The van der Waals surface area contributed by atoms with E-state index in [1.807, 2.05) is 50.6 Å². The quantitative estimate of drug-likeness (QED) is 0.369. The van der Waals surface area contributed by atoms with Gasteiger partial charge in [0.15, 0.2) is 0 Å². The minimum Gasteiger partial charge on any atom is -0.444 e. The Balaban J connectivity index is 1.25. The van der Waals surface area contributed by atoms with Crippen molar-refractivity contribution in [3.05, 3.63) is 72.1 Å². The molecule has 0 saturated carbocycles. The Morgan fingerprint density at radius 3 is 2.44 bits per heavy atom. The number of ether oxygens (including phenoxy) is 1. The average Bonchev–Trinajstić information content (AvgIpc) is 3.39. The lowest BCUT2D eigenvalue weighted by Gasteiger charge is -2.34. The first-order valence-electron chi connectivity index (χ1n) is 15.2. The molecule has 0 radical (unpaired) electrons. The van der Waals surface area contributed by atoms with E-state index in [-0.39, 0.29) is 29.8 Å². The summed E-state index contributed by atoms with van der Waals surface area (Å²) < 4.78 is 20.8. The van der Waals surface area contributed by atoms with E-state index < -0.39 is 5.60 Å². The van der Waals surface area contributed by atoms with E-state index in [4.69, 9.17) is 4.74 Å². The zero-order valence-corrected chi connectivity index (χ0v) is 25.6. The van der Waals surface area contributed by atoms with E-state index in [0.29, 0.717) is 6.54 Å². The number of alkyl carbamates (subject to hydrolysis) is 1. The molecule has 230 valence electrons. The molecule has 0 unspecified atom stereocenters. The predicted molar refractivity (Wildman–Crippen MR) is 166 cm³/mol. The molecule has 2 N–H and O–H groups in total. The number of halogens is 1. The number of imidazole rings is 1. The van der Waals surface area contributed by atoms with Crippen LogP contribution in [0.3, 0.4) is 0 Å². The zero-order chi connectivity index (χ0) is 30.6. The Kier molecular flexibility index (Phi) is 9.34. The van der Waals surface area contributed by atoms with E-state index in [1.54, 1.807) is 18.5 Å². The number of nitrogens with zero attached hydrogens (tertiary/aromatic N) is 4. The molecule has 0 aliphatic carbocycles. The van der Waals surface area contributed by atoms with Crippen molar-refractivity contribution in [2.75, 3.05) is 36.4 Å². The maximum absolute atomic E-state index is 13.4. The summed E-state index contributed by atoms with van der Waals surface area (Å²) in [6, 6.07) is 12.7. The minimum atomic E-state index is -0.537. The van der Waals surface area contributed by atoms with E-state index in [1.165, 1.54) is 12.1 Å². The Bertz CT molecular complexity index is 1410. The van der Waals surface area contributed by atoms with Crippen LogP contribution in [-0.4, -0.2) is 64.3 Å². The maximum Gasteiger partial charge on any atom is 0.407 e. The number of nitrogens with one attached hydrogen (secondary N) is 2. The zero-order valence-electron chi connectivity index (χ0n) is 25.6. The average molecular weight is 591 g/mol. The standard InChI is InChI=1S/C33H43FN6O3/c1-23-19-40(22-35-23)30-17-24(20-38-13-5-6-27(21-38)37-32(42)43-33(2,3)4)16-28(18-30)36-31(41)25-11-14-39(15-12-25)29-9-7-26(34)8-10-29/h7-10,16-19,22,25,27H,5-6,11-15,20-21H2,1-4H3,(H,36,41)(H,37,42)/t27-/m0/s1. The second kappa shape index (κ2) is 13.2. The maximum atomic E-state index is 13.4. The minimum absolute atomic E-state index is 0.0167. The van der Waals surface area contributed by atoms with Crippen LogP contribution < -0.4 is 15.5 Å². The van der Waals surface area contributed by atoms with E-state index in [2.05, 4.69) is 31.5 Å². The molecule has 0 spiro atoms. The molecule has 10 heteroatoms. The van der Waals surface area contributed by atoms with Crippen molar-refractivity contribution in [1.29, 1.82) is 0 Å². The first-order valence-corrected chi connectivity index (χ1v) is 15.2. The number of aromatic nitrogens is 2. The van der Waals surface area contributed by atoms with Crippen LogP contribution in [-0.2, 0) is 16.1 Å². The van der Waals surface area contributed by atoms with Gasteiger partial charge in [-0.3, -0.25) is 9.69 Å². The number of anilines is 2. The molecule has 0 bridgehead atoms. The van der Waals surface area contributed by atoms with Crippen molar-refractivity contribution >= 4 is 23.4 Å². The van der Waals surface area contributed by atoms with Crippen LogP contribution in [0.4, 0.5) is 20.6 Å². The Morgan fingerprint density at radius 2 is 1.77 bits per heavy atom. The monoisotopic (exact) mass is 590 g/mol. The second-order valence-corrected chi connectivity index (χ2v) is 12.8. The number of carbonyl (C=O) groups excluding carboxylic acids is 2. The Labute approximate surface area is 253 Å². The van der Waals surface area contributed by atoms with Gasteiger partial charge in [0.25, 0.3) is 0 Å². The lowest BCUT2D eigenvalue weighted by atomic mass is 9.95. The van der Waals surface area contributed by atoms with Gasteiger partial charge in [-0.15, -0.1) is 0 Å².